The summed E-state index contributed by atoms with van der Waals surface area (Å²) in [7, 11) is 0. The molecular weight excluding hydrogens is 438 g/mol. The molecule has 1 aromatic carbocycles. The summed E-state index contributed by atoms with van der Waals surface area (Å²) in [6.45, 7) is 5.93. The summed E-state index contributed by atoms with van der Waals surface area (Å²) in [5, 5.41) is 24.8. The second-order valence-electron chi connectivity index (χ2n) is 7.90. The van der Waals surface area contributed by atoms with E-state index in [1.54, 1.807) is 44.2 Å². The van der Waals surface area contributed by atoms with Gasteiger partial charge in [0.1, 0.15) is 28.4 Å². The zero-order valence-corrected chi connectivity index (χ0v) is 18.7. The van der Waals surface area contributed by atoms with Crippen LogP contribution in [0.2, 0.25) is 0 Å². The number of benzene rings is 1. The molecule has 0 bridgehead atoms. The van der Waals surface area contributed by atoms with Gasteiger partial charge in [-0.15, -0.1) is 11.8 Å². The minimum atomic E-state index is -1.57. The fourth-order valence-corrected chi connectivity index (χ4v) is 5.49. The first kappa shape index (κ1) is 23.3. The van der Waals surface area contributed by atoms with Crippen molar-refractivity contribution in [2.24, 2.45) is 0 Å². The van der Waals surface area contributed by atoms with E-state index in [0.29, 0.717) is 5.56 Å². The van der Waals surface area contributed by atoms with E-state index in [2.05, 4.69) is 10.5 Å². The third-order valence-electron chi connectivity index (χ3n) is 5.21. The van der Waals surface area contributed by atoms with Crippen LogP contribution in [-0.4, -0.2) is 66.2 Å². The van der Waals surface area contributed by atoms with Crippen molar-refractivity contribution in [3.05, 3.63) is 41.7 Å². The van der Waals surface area contributed by atoms with E-state index in [9.17, 15) is 29.4 Å². The quantitative estimate of drug-likeness (QED) is 0.587. The number of aryl methyl sites for hydroxylation is 1. The van der Waals surface area contributed by atoms with Gasteiger partial charge in [-0.2, -0.15) is 0 Å². The van der Waals surface area contributed by atoms with E-state index in [-0.39, 0.29) is 17.0 Å². The third-order valence-corrected chi connectivity index (χ3v) is 6.78. The first-order valence-corrected chi connectivity index (χ1v) is 10.6. The van der Waals surface area contributed by atoms with Crippen molar-refractivity contribution in [2.75, 3.05) is 0 Å². The average Bonchev–Trinajstić information content (AvgIpc) is 3.23. The van der Waals surface area contributed by atoms with Crippen molar-refractivity contribution in [3.8, 4) is 11.3 Å². The van der Waals surface area contributed by atoms with Gasteiger partial charge in [0, 0.05) is 17.2 Å². The summed E-state index contributed by atoms with van der Waals surface area (Å²) in [4.78, 5) is 50.5. The number of aromatic nitrogens is 1. The monoisotopic (exact) mass is 461 g/mol. The molecule has 1 aliphatic rings. The summed E-state index contributed by atoms with van der Waals surface area (Å²) in [5.74, 6) is -3.82. The number of rotatable bonds is 6. The van der Waals surface area contributed by atoms with Gasteiger partial charge in [-0.05, 0) is 20.8 Å². The van der Waals surface area contributed by atoms with Crippen LogP contribution in [0.25, 0.3) is 11.3 Å². The van der Waals surface area contributed by atoms with Crippen molar-refractivity contribution in [2.45, 2.75) is 49.9 Å². The minimum absolute atomic E-state index is 0.0638. The Labute approximate surface area is 187 Å². The van der Waals surface area contributed by atoms with Gasteiger partial charge < -0.3 is 25.0 Å². The van der Waals surface area contributed by atoms with Crippen molar-refractivity contribution < 1.29 is 33.9 Å². The van der Waals surface area contributed by atoms with Gasteiger partial charge in [0.2, 0.25) is 5.91 Å². The van der Waals surface area contributed by atoms with E-state index in [4.69, 9.17) is 4.52 Å². The standard InChI is InChI=1S/C21H23N3O7S/c1-10-13(14(23-31-10)12-8-6-5-7-9-12)17(26)22-15(19(27)28)18-24(11(2)25)16(20(29)30)21(3,4)32-18/h5-9,15-16,18H,1-4H3,(H,22,26)(H,27,28)(H,29,30)/t15?,16-,18?/m0/s1. The van der Waals surface area contributed by atoms with Crippen molar-refractivity contribution in [3.63, 3.8) is 0 Å². The van der Waals surface area contributed by atoms with Crippen LogP contribution >= 0.6 is 11.8 Å². The second kappa shape index (κ2) is 8.65. The summed E-state index contributed by atoms with van der Waals surface area (Å²) >= 11 is 1.01. The molecule has 3 atom stereocenters. The lowest BCUT2D eigenvalue weighted by molar-refractivity contribution is -0.152. The van der Waals surface area contributed by atoms with Crippen LogP contribution in [0.1, 0.15) is 36.9 Å². The van der Waals surface area contributed by atoms with Gasteiger partial charge >= 0.3 is 11.9 Å². The summed E-state index contributed by atoms with van der Waals surface area (Å²) in [6.07, 6.45) is 0. The van der Waals surface area contributed by atoms with Gasteiger partial charge in [-0.3, -0.25) is 9.59 Å². The SMILES string of the molecule is CC(=O)N1C(C(NC(=O)c2c(-c3ccccc3)noc2C)C(=O)O)SC(C)(C)[C@@H]1C(=O)O. The highest BCUT2D eigenvalue weighted by Gasteiger charge is 2.56. The molecule has 11 heteroatoms. The Morgan fingerprint density at radius 2 is 1.81 bits per heavy atom. The Hall–Kier alpha value is -3.34. The van der Waals surface area contributed by atoms with Crippen LogP contribution in [-0.2, 0) is 14.4 Å². The molecule has 32 heavy (non-hydrogen) atoms. The number of carbonyl (C=O) groups excluding carboxylic acids is 2. The fourth-order valence-electron chi connectivity index (χ4n) is 3.82. The molecular formula is C21H23N3O7S. The van der Waals surface area contributed by atoms with E-state index >= 15 is 0 Å². The molecule has 170 valence electrons. The van der Waals surface area contributed by atoms with Crippen LogP contribution < -0.4 is 5.32 Å². The van der Waals surface area contributed by atoms with E-state index in [1.807, 2.05) is 0 Å². The second-order valence-corrected chi connectivity index (χ2v) is 9.67. The zero-order chi connectivity index (χ0) is 23.8. The number of hydrogen-bond donors (Lipinski definition) is 3. The van der Waals surface area contributed by atoms with Crippen molar-refractivity contribution in [1.29, 1.82) is 0 Å². The molecule has 1 aromatic heterocycles. The predicted octanol–water partition coefficient (Wildman–Crippen LogP) is 1.99. The van der Waals surface area contributed by atoms with Gasteiger partial charge in [0.25, 0.3) is 5.91 Å². The number of carboxylic acids is 2. The van der Waals surface area contributed by atoms with E-state index in [0.717, 1.165) is 16.7 Å². The molecule has 1 fully saturated rings. The number of nitrogens with one attached hydrogen (secondary N) is 1. The van der Waals surface area contributed by atoms with E-state index in [1.165, 1.54) is 13.8 Å². The molecule has 0 spiro atoms. The number of hydrogen-bond acceptors (Lipinski definition) is 7. The van der Waals surface area contributed by atoms with Crippen LogP contribution in [0.15, 0.2) is 34.9 Å². The molecule has 1 aliphatic heterocycles. The maximum Gasteiger partial charge on any atom is 0.329 e. The van der Waals surface area contributed by atoms with Crippen LogP contribution in [0.4, 0.5) is 0 Å². The molecule has 0 saturated carbocycles. The number of thioether (sulfide) groups is 1. The van der Waals surface area contributed by atoms with E-state index < -0.39 is 46.0 Å². The smallest absolute Gasteiger partial charge is 0.329 e. The highest BCUT2D eigenvalue weighted by molar-refractivity contribution is 8.01. The summed E-state index contributed by atoms with van der Waals surface area (Å²) < 4.78 is 4.19. The zero-order valence-electron chi connectivity index (χ0n) is 17.9. The Bertz CT molecular complexity index is 1070. The molecule has 10 nitrogen and oxygen atoms in total. The Balaban J connectivity index is 1.97. The molecule has 0 aliphatic carbocycles. The number of aliphatic carboxylic acids is 2. The Morgan fingerprint density at radius 1 is 1.19 bits per heavy atom. The predicted molar refractivity (Wildman–Crippen MR) is 115 cm³/mol. The van der Waals surface area contributed by atoms with Crippen LogP contribution in [0, 0.1) is 6.92 Å². The van der Waals surface area contributed by atoms with Crippen molar-refractivity contribution >= 4 is 35.5 Å². The highest BCUT2D eigenvalue weighted by Crippen LogP contribution is 2.46. The highest BCUT2D eigenvalue weighted by atomic mass is 32.2. The maximum atomic E-state index is 13.1. The minimum Gasteiger partial charge on any atom is -0.480 e. The lowest BCUT2D eigenvalue weighted by Gasteiger charge is -2.31. The van der Waals surface area contributed by atoms with Crippen LogP contribution in [0.3, 0.4) is 0 Å². The van der Waals surface area contributed by atoms with Gasteiger partial charge in [0.05, 0.1) is 0 Å². The van der Waals surface area contributed by atoms with Gasteiger partial charge in [-0.25, -0.2) is 9.59 Å². The third kappa shape index (κ3) is 4.20. The maximum absolute atomic E-state index is 13.1. The number of nitrogens with zero attached hydrogens (tertiary/aromatic N) is 2. The lowest BCUT2D eigenvalue weighted by Crippen LogP contribution is -2.57. The number of carbonyl (C=O) groups is 4. The molecule has 2 unspecified atom stereocenters. The van der Waals surface area contributed by atoms with Crippen molar-refractivity contribution in [1.82, 2.24) is 15.4 Å². The summed E-state index contributed by atoms with van der Waals surface area (Å²) in [6, 6.07) is 5.94. The molecule has 2 heterocycles. The molecule has 2 amide bonds. The van der Waals surface area contributed by atoms with Gasteiger partial charge in [-0.1, -0.05) is 35.5 Å². The van der Waals surface area contributed by atoms with Crippen LogP contribution in [0.5, 0.6) is 0 Å². The first-order chi connectivity index (χ1) is 15.0. The molecule has 0 radical (unpaired) electrons. The van der Waals surface area contributed by atoms with Gasteiger partial charge in [0.15, 0.2) is 6.04 Å². The molecule has 1 saturated heterocycles. The first-order valence-electron chi connectivity index (χ1n) is 9.70. The average molecular weight is 461 g/mol. The normalized spacial score (nSPS) is 20.6. The lowest BCUT2D eigenvalue weighted by atomic mass is 10.0. The largest absolute Gasteiger partial charge is 0.480 e. The number of amides is 2. The number of carboxylic acid groups (broad SMARTS) is 2. The molecule has 3 N–H and O–H groups in total. The Morgan fingerprint density at radius 3 is 2.34 bits per heavy atom. The summed E-state index contributed by atoms with van der Waals surface area (Å²) in [5.41, 5.74) is 0.916. The topological polar surface area (TPSA) is 150 Å². The molecule has 3 rings (SSSR count). The Kier molecular flexibility index (Phi) is 6.31. The molecule has 2 aromatic rings. The fraction of sp³-hybridized carbons (Fsp3) is 0.381.